The molecule has 3 rings (SSSR count). The Morgan fingerprint density at radius 3 is 2.87 bits per heavy atom. The molecule has 5 heteroatoms. The van der Waals surface area contributed by atoms with E-state index < -0.39 is 6.04 Å². The van der Waals surface area contributed by atoms with Gasteiger partial charge in [-0.1, -0.05) is 42.5 Å². The van der Waals surface area contributed by atoms with Crippen molar-refractivity contribution >= 4 is 17.4 Å². The molecule has 0 saturated carbocycles. The van der Waals surface area contributed by atoms with Gasteiger partial charge in [0.2, 0.25) is 5.91 Å². The van der Waals surface area contributed by atoms with Crippen LogP contribution >= 0.6 is 0 Å². The Hall–Kier alpha value is -2.40. The van der Waals surface area contributed by atoms with Gasteiger partial charge in [0.1, 0.15) is 0 Å². The molecule has 23 heavy (non-hydrogen) atoms. The number of carbonyl (C=O) groups is 2. The number of nitrogens with zero attached hydrogens (tertiary/aromatic N) is 1. The first-order valence-electron chi connectivity index (χ1n) is 7.86. The summed E-state index contributed by atoms with van der Waals surface area (Å²) in [6.07, 6.45) is 6.68. The van der Waals surface area contributed by atoms with Gasteiger partial charge in [0.15, 0.2) is 0 Å². The van der Waals surface area contributed by atoms with Crippen LogP contribution in [0.3, 0.4) is 0 Å². The lowest BCUT2D eigenvalue weighted by atomic mass is 9.88. The molecule has 0 saturated heterocycles. The highest BCUT2D eigenvalue weighted by atomic mass is 16.2. The van der Waals surface area contributed by atoms with Gasteiger partial charge in [0.05, 0.1) is 18.0 Å². The molecule has 2 amide bonds. The van der Waals surface area contributed by atoms with Crippen LogP contribution in [0.1, 0.15) is 37.3 Å². The number of amides is 2. The Bertz CT molecular complexity index is 706. The van der Waals surface area contributed by atoms with E-state index in [2.05, 4.69) is 5.43 Å². The molecule has 0 bridgehead atoms. The van der Waals surface area contributed by atoms with E-state index in [0.717, 1.165) is 16.7 Å². The zero-order chi connectivity index (χ0) is 16.6. The maximum absolute atomic E-state index is 12.9. The number of hydrogen-bond donors (Lipinski definition) is 2. The molecule has 1 aliphatic heterocycles. The molecule has 3 atom stereocenters. The SMILES string of the molecule is CC1C(=O)N(NC(=O)[C@H](C)N)[C@@H]2CC=CC=C2c2ccccc21. The lowest BCUT2D eigenvalue weighted by Crippen LogP contribution is -2.55. The summed E-state index contributed by atoms with van der Waals surface area (Å²) in [5, 5.41) is 1.46. The summed E-state index contributed by atoms with van der Waals surface area (Å²) >= 11 is 0. The topological polar surface area (TPSA) is 75.4 Å². The standard InChI is InChI=1S/C18H21N3O2/c1-11-13-7-3-4-8-14(13)15-9-5-6-10-16(15)21(18(11)23)20-17(22)12(2)19/h3-9,11-12,16H,10,19H2,1-2H3,(H,20,22)/t11?,12-,16+/m0/s1. The molecule has 0 aromatic heterocycles. The van der Waals surface area contributed by atoms with Crippen LogP contribution in [-0.4, -0.2) is 28.9 Å². The van der Waals surface area contributed by atoms with Crippen LogP contribution in [0, 0.1) is 0 Å². The van der Waals surface area contributed by atoms with Crippen molar-refractivity contribution in [3.63, 3.8) is 0 Å². The Labute approximate surface area is 135 Å². The number of allylic oxidation sites excluding steroid dienone is 2. The molecule has 5 nitrogen and oxygen atoms in total. The number of fused-ring (bicyclic) bond motifs is 3. The molecular formula is C18H21N3O2. The minimum atomic E-state index is -0.671. The molecule has 1 aromatic carbocycles. The summed E-state index contributed by atoms with van der Waals surface area (Å²) in [5.74, 6) is -0.799. The first-order chi connectivity index (χ1) is 11.0. The number of nitrogens with one attached hydrogen (secondary N) is 1. The molecule has 1 aliphatic carbocycles. The Kier molecular flexibility index (Phi) is 4.05. The van der Waals surface area contributed by atoms with Gasteiger partial charge in [0.25, 0.3) is 5.91 Å². The van der Waals surface area contributed by atoms with E-state index >= 15 is 0 Å². The smallest absolute Gasteiger partial charge is 0.255 e. The number of carbonyl (C=O) groups excluding carboxylic acids is 2. The fraction of sp³-hybridized carbons (Fsp3) is 0.333. The van der Waals surface area contributed by atoms with Crippen molar-refractivity contribution in [2.75, 3.05) is 0 Å². The summed E-state index contributed by atoms with van der Waals surface area (Å²) in [5.41, 5.74) is 11.5. The average Bonchev–Trinajstić information content (AvgIpc) is 2.65. The molecule has 0 spiro atoms. The van der Waals surface area contributed by atoms with E-state index in [9.17, 15) is 9.59 Å². The molecule has 1 aromatic rings. The summed E-state index contributed by atoms with van der Waals surface area (Å²) in [4.78, 5) is 25.0. The van der Waals surface area contributed by atoms with Gasteiger partial charge in [-0.15, -0.1) is 0 Å². The second kappa shape index (κ2) is 6.01. The maximum atomic E-state index is 12.9. The summed E-state index contributed by atoms with van der Waals surface area (Å²) < 4.78 is 0. The van der Waals surface area contributed by atoms with E-state index in [-0.39, 0.29) is 23.8 Å². The number of nitrogens with two attached hydrogens (primary N) is 1. The number of benzene rings is 1. The van der Waals surface area contributed by atoms with Gasteiger partial charge < -0.3 is 5.73 Å². The molecular weight excluding hydrogens is 290 g/mol. The fourth-order valence-corrected chi connectivity index (χ4v) is 3.12. The number of hydrazine groups is 1. The monoisotopic (exact) mass is 311 g/mol. The highest BCUT2D eigenvalue weighted by molar-refractivity contribution is 5.93. The minimum absolute atomic E-state index is 0.116. The van der Waals surface area contributed by atoms with Gasteiger partial charge >= 0.3 is 0 Å². The van der Waals surface area contributed by atoms with E-state index in [1.165, 1.54) is 5.01 Å². The molecule has 0 fully saturated rings. The summed E-state index contributed by atoms with van der Waals surface area (Å²) in [7, 11) is 0. The van der Waals surface area contributed by atoms with Crippen molar-refractivity contribution in [1.29, 1.82) is 0 Å². The zero-order valence-electron chi connectivity index (χ0n) is 13.3. The average molecular weight is 311 g/mol. The lowest BCUT2D eigenvalue weighted by Gasteiger charge is -2.33. The number of rotatable bonds is 2. The fourth-order valence-electron chi connectivity index (χ4n) is 3.12. The van der Waals surface area contributed by atoms with Gasteiger partial charge in [-0.3, -0.25) is 15.0 Å². The van der Waals surface area contributed by atoms with Crippen molar-refractivity contribution in [2.24, 2.45) is 5.73 Å². The first kappa shape index (κ1) is 15.5. The van der Waals surface area contributed by atoms with Crippen LogP contribution in [0.15, 0.2) is 42.5 Å². The lowest BCUT2D eigenvalue weighted by molar-refractivity contribution is -0.144. The normalized spacial score (nSPS) is 24.2. The molecule has 1 heterocycles. The molecule has 2 aliphatic rings. The van der Waals surface area contributed by atoms with Crippen molar-refractivity contribution < 1.29 is 9.59 Å². The quantitative estimate of drug-likeness (QED) is 0.873. The highest BCUT2D eigenvalue weighted by Crippen LogP contribution is 2.37. The Morgan fingerprint density at radius 2 is 2.13 bits per heavy atom. The summed E-state index contributed by atoms with van der Waals surface area (Å²) in [6, 6.07) is 7.05. The van der Waals surface area contributed by atoms with E-state index in [0.29, 0.717) is 6.42 Å². The van der Waals surface area contributed by atoms with Crippen LogP contribution < -0.4 is 11.2 Å². The molecule has 120 valence electrons. The Morgan fingerprint density at radius 1 is 1.39 bits per heavy atom. The van der Waals surface area contributed by atoms with Crippen LogP contribution in [-0.2, 0) is 9.59 Å². The van der Waals surface area contributed by atoms with Gasteiger partial charge in [0, 0.05) is 0 Å². The third-order valence-corrected chi connectivity index (χ3v) is 4.43. The van der Waals surface area contributed by atoms with E-state index in [1.807, 2.05) is 49.4 Å². The predicted octanol–water partition coefficient (Wildman–Crippen LogP) is 1.72. The molecule has 0 radical (unpaired) electrons. The first-order valence-corrected chi connectivity index (χ1v) is 7.86. The maximum Gasteiger partial charge on any atom is 0.255 e. The van der Waals surface area contributed by atoms with Gasteiger partial charge in [-0.2, -0.15) is 0 Å². The van der Waals surface area contributed by atoms with Crippen LogP contribution in [0.5, 0.6) is 0 Å². The van der Waals surface area contributed by atoms with Crippen molar-refractivity contribution in [3.8, 4) is 0 Å². The van der Waals surface area contributed by atoms with Crippen LogP contribution in [0.25, 0.3) is 5.57 Å². The van der Waals surface area contributed by atoms with Crippen LogP contribution in [0.4, 0.5) is 0 Å². The Balaban J connectivity index is 2.08. The minimum Gasteiger partial charge on any atom is -0.320 e. The van der Waals surface area contributed by atoms with Crippen molar-refractivity contribution in [3.05, 3.63) is 53.6 Å². The molecule has 3 N–H and O–H groups in total. The van der Waals surface area contributed by atoms with Crippen LogP contribution in [0.2, 0.25) is 0 Å². The summed E-state index contributed by atoms with van der Waals surface area (Å²) in [6.45, 7) is 3.48. The van der Waals surface area contributed by atoms with Crippen molar-refractivity contribution in [1.82, 2.24) is 10.4 Å². The van der Waals surface area contributed by atoms with E-state index in [4.69, 9.17) is 5.73 Å². The van der Waals surface area contributed by atoms with E-state index in [1.54, 1.807) is 6.92 Å². The van der Waals surface area contributed by atoms with Gasteiger partial charge in [-0.25, -0.2) is 5.01 Å². The zero-order valence-corrected chi connectivity index (χ0v) is 13.3. The third-order valence-electron chi connectivity index (χ3n) is 4.43. The van der Waals surface area contributed by atoms with Gasteiger partial charge in [-0.05, 0) is 37.0 Å². The molecule has 1 unspecified atom stereocenters. The predicted molar refractivity (Wildman–Crippen MR) is 89.0 cm³/mol. The second-order valence-corrected chi connectivity index (χ2v) is 6.08. The second-order valence-electron chi connectivity index (χ2n) is 6.08. The highest BCUT2D eigenvalue weighted by Gasteiger charge is 2.37. The largest absolute Gasteiger partial charge is 0.320 e. The number of hydrogen-bond acceptors (Lipinski definition) is 3. The van der Waals surface area contributed by atoms with Crippen molar-refractivity contribution in [2.45, 2.75) is 38.3 Å². The third kappa shape index (κ3) is 2.68.